The van der Waals surface area contributed by atoms with E-state index in [9.17, 15) is 0 Å². The summed E-state index contributed by atoms with van der Waals surface area (Å²) in [6, 6.07) is 71.9. The predicted molar refractivity (Wildman–Crippen MR) is 261 cm³/mol. The summed E-state index contributed by atoms with van der Waals surface area (Å²) in [5.41, 5.74) is 14.2. The molecule has 6 heteroatoms. The van der Waals surface area contributed by atoms with Crippen LogP contribution in [0.15, 0.2) is 217 Å². The van der Waals surface area contributed by atoms with E-state index in [1.807, 2.05) is 24.3 Å². The van der Waals surface area contributed by atoms with Crippen LogP contribution in [0.2, 0.25) is 0 Å². The minimum atomic E-state index is 0.615. The van der Waals surface area contributed by atoms with Crippen molar-refractivity contribution in [3.8, 4) is 67.5 Å². The number of para-hydroxylation sites is 1. The van der Waals surface area contributed by atoms with Gasteiger partial charge in [0.1, 0.15) is 11.2 Å². The number of hydrogen-bond donors (Lipinski definition) is 0. The SMILES string of the molecule is c1ccc(-c2ccc(-c3nc(-c4ccc(-c5ccccc5)cc4)nc(-c4ccc(-c5ccc6c(c5)c5ccccc5c5nc7cc8c(cn7c65)oc5ccccc58)cc4)n3)cc2)cc1. The number of furan rings is 1. The van der Waals surface area contributed by atoms with E-state index >= 15 is 0 Å². The van der Waals surface area contributed by atoms with E-state index in [1.165, 1.54) is 10.8 Å². The van der Waals surface area contributed by atoms with Crippen LogP contribution < -0.4 is 0 Å². The first-order valence-electron chi connectivity index (χ1n) is 21.4. The Morgan fingerprint density at radius 3 is 1.33 bits per heavy atom. The van der Waals surface area contributed by atoms with Crippen LogP contribution in [0.25, 0.3) is 128 Å². The van der Waals surface area contributed by atoms with Gasteiger partial charge in [-0.25, -0.2) is 19.9 Å². The topological polar surface area (TPSA) is 69.1 Å². The van der Waals surface area contributed by atoms with E-state index in [0.717, 1.165) is 99.5 Å². The van der Waals surface area contributed by atoms with Gasteiger partial charge in [-0.2, -0.15) is 0 Å². The molecule has 0 N–H and O–H groups in total. The van der Waals surface area contributed by atoms with E-state index in [-0.39, 0.29) is 0 Å². The molecule has 9 aromatic carbocycles. The Labute approximate surface area is 367 Å². The van der Waals surface area contributed by atoms with Crippen LogP contribution in [0.4, 0.5) is 0 Å². The predicted octanol–water partition coefficient (Wildman–Crippen LogP) is 14.9. The maximum Gasteiger partial charge on any atom is 0.164 e. The molecule has 0 radical (unpaired) electrons. The Kier molecular flexibility index (Phi) is 8.11. The smallest absolute Gasteiger partial charge is 0.164 e. The summed E-state index contributed by atoms with van der Waals surface area (Å²) in [4.78, 5) is 20.5. The third-order valence-electron chi connectivity index (χ3n) is 12.5. The van der Waals surface area contributed by atoms with Crippen molar-refractivity contribution >= 4 is 60.2 Å². The van der Waals surface area contributed by atoms with Gasteiger partial charge in [-0.15, -0.1) is 0 Å². The minimum Gasteiger partial charge on any atom is -0.455 e. The fraction of sp³-hybridized carbons (Fsp3) is 0. The average molecular weight is 818 g/mol. The van der Waals surface area contributed by atoms with E-state index < -0.39 is 0 Å². The highest BCUT2D eigenvalue weighted by atomic mass is 16.3. The Balaban J connectivity index is 0.904. The average Bonchev–Trinajstić information content (AvgIpc) is 3.94. The van der Waals surface area contributed by atoms with Crippen LogP contribution in [0.3, 0.4) is 0 Å². The molecule has 0 unspecified atom stereocenters. The monoisotopic (exact) mass is 817 g/mol. The number of aromatic nitrogens is 5. The lowest BCUT2D eigenvalue weighted by molar-refractivity contribution is 0.666. The van der Waals surface area contributed by atoms with Gasteiger partial charge < -0.3 is 4.42 Å². The zero-order valence-corrected chi connectivity index (χ0v) is 34.4. The number of rotatable bonds is 6. The Morgan fingerprint density at radius 1 is 0.297 bits per heavy atom. The molecule has 4 aromatic heterocycles. The molecule has 13 aromatic rings. The highest BCUT2D eigenvalue weighted by Gasteiger charge is 2.18. The van der Waals surface area contributed by atoms with Gasteiger partial charge in [0.2, 0.25) is 0 Å². The van der Waals surface area contributed by atoms with Gasteiger partial charge in [-0.05, 0) is 62.4 Å². The van der Waals surface area contributed by atoms with Gasteiger partial charge in [-0.3, -0.25) is 4.40 Å². The largest absolute Gasteiger partial charge is 0.455 e. The number of pyridine rings is 1. The van der Waals surface area contributed by atoms with Gasteiger partial charge in [0.05, 0.1) is 17.2 Å². The summed E-state index contributed by atoms with van der Waals surface area (Å²) in [7, 11) is 0. The fourth-order valence-electron chi connectivity index (χ4n) is 9.24. The zero-order chi connectivity index (χ0) is 42.1. The van der Waals surface area contributed by atoms with E-state index in [0.29, 0.717) is 17.5 Å². The molecule has 0 aliphatic heterocycles. The van der Waals surface area contributed by atoms with Crippen molar-refractivity contribution in [2.45, 2.75) is 0 Å². The van der Waals surface area contributed by atoms with Crippen LogP contribution in [-0.2, 0) is 0 Å². The number of benzene rings is 9. The normalized spacial score (nSPS) is 11.8. The molecule has 6 nitrogen and oxygen atoms in total. The van der Waals surface area contributed by atoms with E-state index in [2.05, 4.69) is 193 Å². The van der Waals surface area contributed by atoms with Crippen LogP contribution in [0.5, 0.6) is 0 Å². The number of nitrogens with zero attached hydrogens (tertiary/aromatic N) is 5. The molecule has 0 atom stereocenters. The minimum absolute atomic E-state index is 0.615. The summed E-state index contributed by atoms with van der Waals surface area (Å²) in [5.74, 6) is 1.86. The number of fused-ring (bicyclic) bond motifs is 11. The Hall–Kier alpha value is -8.74. The highest BCUT2D eigenvalue weighted by Crippen LogP contribution is 2.40. The summed E-state index contributed by atoms with van der Waals surface area (Å²) in [6.45, 7) is 0. The number of imidazole rings is 1. The molecule has 13 rings (SSSR count). The maximum absolute atomic E-state index is 6.33. The van der Waals surface area contributed by atoms with Gasteiger partial charge in [0.15, 0.2) is 23.1 Å². The summed E-state index contributed by atoms with van der Waals surface area (Å²) >= 11 is 0. The lowest BCUT2D eigenvalue weighted by Gasteiger charge is -2.11. The molecular formula is C58H35N5O. The van der Waals surface area contributed by atoms with Gasteiger partial charge in [0.25, 0.3) is 0 Å². The lowest BCUT2D eigenvalue weighted by atomic mass is 9.95. The molecule has 0 saturated heterocycles. The van der Waals surface area contributed by atoms with Gasteiger partial charge >= 0.3 is 0 Å². The van der Waals surface area contributed by atoms with Crippen molar-refractivity contribution in [2.75, 3.05) is 0 Å². The second-order valence-electron chi connectivity index (χ2n) is 16.3. The standard InChI is InChI=1S/C58H35N5O/c1-3-11-36(12-4-1)38-19-25-41(26-20-38)56-60-57(42-27-21-39(22-28-42)37-13-5-2-6-14-37)62-58(61-56)43-29-23-40(24-30-43)44-31-32-48-49(33-44)45-15-7-8-17-47(45)54-55(48)63-35-52-50(34-53(63)59-54)46-16-9-10-18-51(46)64-52/h1-35H. The van der Waals surface area contributed by atoms with Crippen molar-refractivity contribution in [1.29, 1.82) is 0 Å². The molecule has 0 fully saturated rings. The molecule has 0 spiro atoms. The first kappa shape index (κ1) is 36.0. The molecule has 64 heavy (non-hydrogen) atoms. The maximum atomic E-state index is 6.33. The van der Waals surface area contributed by atoms with E-state index in [4.69, 9.17) is 24.4 Å². The fourth-order valence-corrected chi connectivity index (χ4v) is 9.24. The first-order valence-corrected chi connectivity index (χ1v) is 21.4. The summed E-state index contributed by atoms with van der Waals surface area (Å²) in [6.07, 6.45) is 2.10. The third-order valence-corrected chi connectivity index (χ3v) is 12.5. The number of hydrogen-bond acceptors (Lipinski definition) is 5. The molecule has 0 aliphatic carbocycles. The Bertz CT molecular complexity index is 3810. The van der Waals surface area contributed by atoms with E-state index in [1.54, 1.807) is 0 Å². The van der Waals surface area contributed by atoms with Crippen molar-refractivity contribution in [3.63, 3.8) is 0 Å². The van der Waals surface area contributed by atoms with Crippen LogP contribution in [-0.4, -0.2) is 24.3 Å². The molecule has 0 aliphatic rings. The van der Waals surface area contributed by atoms with Crippen LogP contribution >= 0.6 is 0 Å². The second kappa shape index (κ2) is 14.4. The van der Waals surface area contributed by atoms with Crippen LogP contribution in [0.1, 0.15) is 0 Å². The van der Waals surface area contributed by atoms with Crippen LogP contribution in [0, 0.1) is 0 Å². The molecular weight excluding hydrogens is 783 g/mol. The molecule has 0 saturated carbocycles. The molecule has 4 heterocycles. The second-order valence-corrected chi connectivity index (χ2v) is 16.3. The third kappa shape index (κ3) is 5.96. The van der Waals surface area contributed by atoms with Crippen molar-refractivity contribution < 1.29 is 4.42 Å². The molecule has 298 valence electrons. The zero-order valence-electron chi connectivity index (χ0n) is 34.4. The Morgan fingerprint density at radius 2 is 0.750 bits per heavy atom. The first-order chi connectivity index (χ1) is 31.7. The summed E-state index contributed by atoms with van der Waals surface area (Å²) in [5, 5.41) is 6.75. The quantitative estimate of drug-likeness (QED) is 0.156. The highest BCUT2D eigenvalue weighted by molar-refractivity contribution is 6.25. The van der Waals surface area contributed by atoms with Gasteiger partial charge in [-0.1, -0.05) is 188 Å². The van der Waals surface area contributed by atoms with Crippen molar-refractivity contribution in [3.05, 3.63) is 212 Å². The van der Waals surface area contributed by atoms with Crippen molar-refractivity contribution in [1.82, 2.24) is 24.3 Å². The van der Waals surface area contributed by atoms with Gasteiger partial charge in [0, 0.05) is 38.2 Å². The molecule has 0 bridgehead atoms. The molecule has 0 amide bonds. The lowest BCUT2D eigenvalue weighted by Crippen LogP contribution is -2.00. The summed E-state index contributed by atoms with van der Waals surface area (Å²) < 4.78 is 8.52. The van der Waals surface area contributed by atoms with Crippen molar-refractivity contribution in [2.24, 2.45) is 0 Å².